The van der Waals surface area contributed by atoms with Gasteiger partial charge in [-0.05, 0) is 23.8 Å². The average Bonchev–Trinajstić information content (AvgIpc) is 2.59. The van der Waals surface area contributed by atoms with Gasteiger partial charge in [0.05, 0.1) is 5.56 Å². The number of alkyl halides is 2. The van der Waals surface area contributed by atoms with E-state index in [-0.39, 0.29) is 28.8 Å². The summed E-state index contributed by atoms with van der Waals surface area (Å²) >= 11 is 6.22. The molecule has 0 fully saturated rings. The maximum Gasteiger partial charge on any atom is 0.339 e. The zero-order chi connectivity index (χ0) is 18.2. The number of carbonyl (C=O) groups excluding carboxylic acids is 2. The Morgan fingerprint density at radius 1 is 1.12 bits per heavy atom. The van der Waals surface area contributed by atoms with Crippen molar-refractivity contribution in [2.45, 2.75) is 17.2 Å². The molecule has 0 aliphatic carbocycles. The summed E-state index contributed by atoms with van der Waals surface area (Å²) in [7, 11) is 0. The van der Waals surface area contributed by atoms with Crippen LogP contribution in [-0.2, 0) is 16.1 Å². The van der Waals surface area contributed by atoms with Crippen LogP contribution in [0.15, 0.2) is 53.4 Å². The highest BCUT2D eigenvalue weighted by Gasteiger charge is 2.17. The number of benzene rings is 2. The fourth-order valence-electron chi connectivity index (χ4n) is 1.93. The van der Waals surface area contributed by atoms with Gasteiger partial charge in [-0.15, -0.1) is 0 Å². The Bertz CT molecular complexity index is 758. The third-order valence-corrected chi connectivity index (χ3v) is 4.25. The zero-order valence-corrected chi connectivity index (χ0v) is 14.4. The summed E-state index contributed by atoms with van der Waals surface area (Å²) in [5.41, 5.74) is 0.717. The van der Waals surface area contributed by atoms with Gasteiger partial charge in [0.15, 0.2) is 6.61 Å². The van der Waals surface area contributed by atoms with Crippen LogP contribution in [0.2, 0.25) is 5.02 Å². The SMILES string of the molecule is O=C(COC(=O)c1ccccc1SC(F)F)NCc1ccccc1Cl. The van der Waals surface area contributed by atoms with E-state index in [1.54, 1.807) is 24.3 Å². The highest BCUT2D eigenvalue weighted by atomic mass is 35.5. The summed E-state index contributed by atoms with van der Waals surface area (Å²) in [5, 5.41) is 3.08. The first-order valence-electron chi connectivity index (χ1n) is 7.18. The lowest BCUT2D eigenvalue weighted by Crippen LogP contribution is -2.28. The van der Waals surface area contributed by atoms with Gasteiger partial charge in [0.2, 0.25) is 0 Å². The number of amides is 1. The van der Waals surface area contributed by atoms with Crippen molar-refractivity contribution in [2.24, 2.45) is 0 Å². The molecule has 0 saturated heterocycles. The fourth-order valence-corrected chi connectivity index (χ4v) is 2.76. The van der Waals surface area contributed by atoms with Crippen LogP contribution in [0.4, 0.5) is 8.78 Å². The van der Waals surface area contributed by atoms with Crippen molar-refractivity contribution in [1.29, 1.82) is 0 Å². The Morgan fingerprint density at radius 3 is 2.52 bits per heavy atom. The van der Waals surface area contributed by atoms with Crippen molar-refractivity contribution in [3.63, 3.8) is 0 Å². The van der Waals surface area contributed by atoms with Crippen LogP contribution in [-0.4, -0.2) is 24.2 Å². The molecule has 0 unspecified atom stereocenters. The molecule has 4 nitrogen and oxygen atoms in total. The van der Waals surface area contributed by atoms with Crippen molar-refractivity contribution in [2.75, 3.05) is 6.61 Å². The van der Waals surface area contributed by atoms with Crippen LogP contribution in [0.5, 0.6) is 0 Å². The minimum Gasteiger partial charge on any atom is -0.452 e. The predicted molar refractivity (Wildman–Crippen MR) is 91.9 cm³/mol. The maximum atomic E-state index is 12.5. The smallest absolute Gasteiger partial charge is 0.339 e. The molecule has 0 aromatic heterocycles. The topological polar surface area (TPSA) is 55.4 Å². The van der Waals surface area contributed by atoms with Crippen molar-refractivity contribution in [3.05, 3.63) is 64.7 Å². The number of nitrogens with one attached hydrogen (secondary N) is 1. The Balaban J connectivity index is 1.87. The second-order valence-corrected chi connectivity index (χ2v) is 6.26. The van der Waals surface area contributed by atoms with E-state index in [1.165, 1.54) is 24.3 Å². The molecule has 1 amide bonds. The number of hydrogen-bond acceptors (Lipinski definition) is 4. The molecular weight excluding hydrogens is 372 g/mol. The minimum atomic E-state index is -2.66. The van der Waals surface area contributed by atoms with Gasteiger partial charge in [-0.25, -0.2) is 4.79 Å². The van der Waals surface area contributed by atoms with E-state index < -0.39 is 24.2 Å². The van der Waals surface area contributed by atoms with Gasteiger partial charge in [0.1, 0.15) is 0 Å². The van der Waals surface area contributed by atoms with Crippen molar-refractivity contribution >= 4 is 35.2 Å². The largest absolute Gasteiger partial charge is 0.452 e. The van der Waals surface area contributed by atoms with E-state index in [9.17, 15) is 18.4 Å². The number of ether oxygens (including phenoxy) is 1. The van der Waals surface area contributed by atoms with Crippen LogP contribution < -0.4 is 5.32 Å². The van der Waals surface area contributed by atoms with Crippen molar-refractivity contribution in [1.82, 2.24) is 5.32 Å². The second-order valence-electron chi connectivity index (χ2n) is 4.82. The fraction of sp³-hybridized carbons (Fsp3) is 0.176. The molecule has 0 aliphatic rings. The van der Waals surface area contributed by atoms with E-state index in [1.807, 2.05) is 0 Å². The normalized spacial score (nSPS) is 10.6. The molecular formula is C17H14ClF2NO3S. The minimum absolute atomic E-state index is 0.00768. The second kappa shape index (κ2) is 9.39. The zero-order valence-electron chi connectivity index (χ0n) is 12.9. The monoisotopic (exact) mass is 385 g/mol. The molecule has 2 aromatic rings. The number of carbonyl (C=O) groups is 2. The van der Waals surface area contributed by atoms with Crippen molar-refractivity contribution in [3.8, 4) is 0 Å². The van der Waals surface area contributed by atoms with Crippen LogP contribution in [0, 0.1) is 0 Å². The molecule has 132 valence electrons. The molecule has 0 saturated carbocycles. The molecule has 1 N–H and O–H groups in total. The van der Waals surface area contributed by atoms with E-state index in [0.717, 1.165) is 5.56 Å². The number of hydrogen-bond donors (Lipinski definition) is 1. The quantitative estimate of drug-likeness (QED) is 0.575. The molecule has 0 atom stereocenters. The summed E-state index contributed by atoms with van der Waals surface area (Å²) in [6, 6.07) is 12.8. The third kappa shape index (κ3) is 6.03. The molecule has 25 heavy (non-hydrogen) atoms. The summed E-state index contributed by atoms with van der Waals surface area (Å²) in [4.78, 5) is 23.9. The molecule has 0 spiro atoms. The third-order valence-electron chi connectivity index (χ3n) is 3.09. The van der Waals surface area contributed by atoms with E-state index >= 15 is 0 Å². The highest BCUT2D eigenvalue weighted by Crippen LogP contribution is 2.28. The van der Waals surface area contributed by atoms with Gasteiger partial charge in [0.25, 0.3) is 11.7 Å². The molecule has 0 aliphatic heterocycles. The predicted octanol–water partition coefficient (Wildman–Crippen LogP) is 4.13. The lowest BCUT2D eigenvalue weighted by molar-refractivity contribution is -0.124. The number of esters is 1. The van der Waals surface area contributed by atoms with Gasteiger partial charge >= 0.3 is 5.97 Å². The lowest BCUT2D eigenvalue weighted by atomic mass is 10.2. The lowest BCUT2D eigenvalue weighted by Gasteiger charge is -2.10. The van der Waals surface area contributed by atoms with Gasteiger partial charge in [-0.3, -0.25) is 4.79 Å². The van der Waals surface area contributed by atoms with Crippen LogP contribution in [0.1, 0.15) is 15.9 Å². The average molecular weight is 386 g/mol. The number of rotatable bonds is 7. The first kappa shape index (κ1) is 19.2. The number of thioether (sulfide) groups is 1. The standard InChI is InChI=1S/C17H14ClF2NO3S/c18-13-7-3-1-5-11(13)9-21-15(22)10-24-16(23)12-6-2-4-8-14(12)25-17(19)20/h1-8,17H,9-10H2,(H,21,22). The van der Waals surface area contributed by atoms with Gasteiger partial charge in [-0.1, -0.05) is 53.7 Å². The van der Waals surface area contributed by atoms with E-state index in [0.29, 0.717) is 5.02 Å². The summed E-state index contributed by atoms with van der Waals surface area (Å²) in [5.74, 6) is -4.02. The molecule has 8 heteroatoms. The summed E-state index contributed by atoms with van der Waals surface area (Å²) < 4.78 is 29.9. The molecule has 2 aromatic carbocycles. The highest BCUT2D eigenvalue weighted by molar-refractivity contribution is 7.99. The molecule has 0 radical (unpaired) electrons. The molecule has 0 bridgehead atoms. The summed E-state index contributed by atoms with van der Waals surface area (Å²) in [6.45, 7) is -0.329. The van der Waals surface area contributed by atoms with Gasteiger partial charge < -0.3 is 10.1 Å². The van der Waals surface area contributed by atoms with Crippen LogP contribution in [0.25, 0.3) is 0 Å². The van der Waals surface area contributed by atoms with Gasteiger partial charge in [-0.2, -0.15) is 8.78 Å². The van der Waals surface area contributed by atoms with E-state index in [2.05, 4.69) is 5.32 Å². The maximum absolute atomic E-state index is 12.5. The Kier molecular flexibility index (Phi) is 7.21. The molecule has 2 rings (SSSR count). The van der Waals surface area contributed by atoms with Crippen LogP contribution in [0.3, 0.4) is 0 Å². The van der Waals surface area contributed by atoms with Crippen LogP contribution >= 0.6 is 23.4 Å². The summed E-state index contributed by atoms with van der Waals surface area (Å²) in [6.07, 6.45) is 0. The number of halogens is 3. The Labute approximate surface area is 152 Å². The van der Waals surface area contributed by atoms with E-state index in [4.69, 9.17) is 16.3 Å². The Hall–Kier alpha value is -2.12. The molecule has 0 heterocycles. The van der Waals surface area contributed by atoms with Crippen molar-refractivity contribution < 1.29 is 23.1 Å². The first-order valence-corrected chi connectivity index (χ1v) is 8.44. The van der Waals surface area contributed by atoms with Gasteiger partial charge in [0, 0.05) is 16.5 Å². The first-order chi connectivity index (χ1) is 12.0. The Morgan fingerprint density at radius 2 is 1.80 bits per heavy atom.